The first-order chi connectivity index (χ1) is 27.7. The highest BCUT2D eigenvalue weighted by atomic mass is 16.2. The highest BCUT2D eigenvalue weighted by Gasteiger charge is 2.38. The van der Waals surface area contributed by atoms with Gasteiger partial charge in [-0.15, -0.1) is 0 Å². The van der Waals surface area contributed by atoms with Crippen LogP contribution in [0.1, 0.15) is 78.2 Å². The summed E-state index contributed by atoms with van der Waals surface area (Å²) in [6.45, 7) is 3.52. The van der Waals surface area contributed by atoms with Crippen LogP contribution in [0.3, 0.4) is 0 Å². The number of benzene rings is 3. The van der Waals surface area contributed by atoms with Gasteiger partial charge < -0.3 is 19.8 Å². The third-order valence-electron chi connectivity index (χ3n) is 11.5. The maximum Gasteiger partial charge on any atom is 0.245 e. The summed E-state index contributed by atoms with van der Waals surface area (Å²) in [5.41, 5.74) is 8.76. The van der Waals surface area contributed by atoms with Gasteiger partial charge in [0.15, 0.2) is 0 Å². The zero-order valence-corrected chi connectivity index (χ0v) is 33.4. The largest absolute Gasteiger partial charge is 0.340 e. The van der Waals surface area contributed by atoms with Crippen molar-refractivity contribution in [3.05, 3.63) is 138 Å². The highest BCUT2D eigenvalue weighted by molar-refractivity contribution is 5.84. The maximum atomic E-state index is 14.0. The van der Waals surface area contributed by atoms with Crippen LogP contribution in [-0.2, 0) is 9.59 Å². The SMILES string of the molecule is Cc1cc(-c2cnc([C@@H]3CCCN3C(=O)C(c3ccccc3)N(C)C)[nH]2)ccc1-c1ccc(-c2cnc([C@@H]3CCCN3C(=O)[C@@H](c3ccccc3)N(C)C)[nH]2)cn1. The van der Waals surface area contributed by atoms with Crippen molar-refractivity contribution in [2.45, 2.75) is 56.8 Å². The summed E-state index contributed by atoms with van der Waals surface area (Å²) in [6, 6.07) is 29.5. The van der Waals surface area contributed by atoms with Gasteiger partial charge in [-0.2, -0.15) is 0 Å². The number of nitrogens with zero attached hydrogens (tertiary/aromatic N) is 7. The van der Waals surface area contributed by atoms with E-state index in [0.29, 0.717) is 13.1 Å². The van der Waals surface area contributed by atoms with Gasteiger partial charge in [0.1, 0.15) is 23.7 Å². The topological polar surface area (TPSA) is 117 Å². The minimum absolute atomic E-state index is 0.0943. The van der Waals surface area contributed by atoms with E-state index in [1.54, 1.807) is 0 Å². The number of carbonyl (C=O) groups excluding carboxylic acids is 2. The van der Waals surface area contributed by atoms with Crippen LogP contribution >= 0.6 is 0 Å². The van der Waals surface area contributed by atoms with Crippen LogP contribution in [0, 0.1) is 6.92 Å². The van der Waals surface area contributed by atoms with Crippen LogP contribution < -0.4 is 0 Å². The number of hydrogen-bond acceptors (Lipinski definition) is 7. The first kappa shape index (κ1) is 38.0. The van der Waals surface area contributed by atoms with E-state index in [1.807, 2.05) is 133 Å². The Morgan fingerprint density at radius 3 is 1.58 bits per heavy atom. The lowest BCUT2D eigenvalue weighted by atomic mass is 10.0. The second-order valence-electron chi connectivity index (χ2n) is 15.8. The fourth-order valence-electron chi connectivity index (χ4n) is 8.67. The van der Waals surface area contributed by atoms with E-state index in [0.717, 1.165) is 87.8 Å². The van der Waals surface area contributed by atoms with Crippen LogP contribution in [-0.4, -0.2) is 97.6 Å². The summed E-state index contributed by atoms with van der Waals surface area (Å²) < 4.78 is 0. The lowest BCUT2D eigenvalue weighted by Crippen LogP contribution is -2.40. The molecule has 5 heterocycles. The van der Waals surface area contributed by atoms with E-state index in [4.69, 9.17) is 15.0 Å². The number of hydrogen-bond donors (Lipinski definition) is 2. The van der Waals surface area contributed by atoms with Gasteiger partial charge in [-0.05, 0) is 101 Å². The Labute approximate surface area is 334 Å². The lowest BCUT2D eigenvalue weighted by molar-refractivity contribution is -0.138. The average molecular weight is 762 g/mol. The zero-order chi connectivity index (χ0) is 39.6. The number of aromatic amines is 2. The van der Waals surface area contributed by atoms with Crippen molar-refractivity contribution >= 4 is 11.8 Å². The van der Waals surface area contributed by atoms with Gasteiger partial charge in [-0.25, -0.2) is 9.97 Å². The van der Waals surface area contributed by atoms with E-state index >= 15 is 0 Å². The van der Waals surface area contributed by atoms with Crippen molar-refractivity contribution in [1.82, 2.24) is 44.5 Å². The molecule has 4 atom stereocenters. The zero-order valence-electron chi connectivity index (χ0n) is 33.4. The number of likely N-dealkylation sites (tertiary alicyclic amines) is 2. The molecule has 292 valence electrons. The summed E-state index contributed by atoms with van der Waals surface area (Å²) in [5, 5.41) is 0. The van der Waals surface area contributed by atoms with Gasteiger partial charge in [0.05, 0.1) is 41.6 Å². The van der Waals surface area contributed by atoms with E-state index in [9.17, 15) is 9.59 Å². The predicted molar refractivity (Wildman–Crippen MR) is 223 cm³/mol. The third-order valence-corrected chi connectivity index (χ3v) is 11.5. The van der Waals surface area contributed by atoms with Crippen molar-refractivity contribution < 1.29 is 9.59 Å². The molecule has 1 unspecified atom stereocenters. The predicted octanol–water partition coefficient (Wildman–Crippen LogP) is 7.77. The number of amides is 2. The lowest BCUT2D eigenvalue weighted by Gasteiger charge is -2.31. The quantitative estimate of drug-likeness (QED) is 0.139. The molecule has 0 saturated carbocycles. The van der Waals surface area contributed by atoms with Crippen LogP contribution in [0.15, 0.2) is 110 Å². The van der Waals surface area contributed by atoms with E-state index in [-0.39, 0.29) is 36.0 Å². The van der Waals surface area contributed by atoms with Crippen molar-refractivity contribution in [2.75, 3.05) is 41.3 Å². The number of H-pyrrole nitrogens is 2. The molecule has 0 bridgehead atoms. The number of pyridine rings is 1. The smallest absolute Gasteiger partial charge is 0.245 e. The monoisotopic (exact) mass is 761 g/mol. The normalized spacial score (nSPS) is 18.1. The Kier molecular flexibility index (Phi) is 10.9. The highest BCUT2D eigenvalue weighted by Crippen LogP contribution is 2.37. The van der Waals surface area contributed by atoms with E-state index in [2.05, 4.69) is 41.2 Å². The van der Waals surface area contributed by atoms with Crippen LogP contribution in [0.5, 0.6) is 0 Å². The molecule has 2 saturated heterocycles. The molecule has 0 aliphatic carbocycles. The molecule has 3 aromatic heterocycles. The van der Waals surface area contributed by atoms with Gasteiger partial charge >= 0.3 is 0 Å². The molecule has 11 heteroatoms. The van der Waals surface area contributed by atoms with Gasteiger partial charge in [0, 0.05) is 30.4 Å². The Hall–Kier alpha value is -5.91. The Balaban J connectivity index is 0.950. The molecule has 8 rings (SSSR count). The minimum Gasteiger partial charge on any atom is -0.340 e. The molecule has 6 aromatic rings. The van der Waals surface area contributed by atoms with Gasteiger partial charge in [-0.1, -0.05) is 72.8 Å². The summed E-state index contributed by atoms with van der Waals surface area (Å²) in [4.78, 5) is 57.3. The number of carbonyl (C=O) groups is 2. The molecular weight excluding hydrogens is 711 g/mol. The molecular formula is C46H51N9O2. The number of aromatic nitrogens is 5. The van der Waals surface area contributed by atoms with Crippen LogP contribution in [0.2, 0.25) is 0 Å². The van der Waals surface area contributed by atoms with E-state index < -0.39 is 0 Å². The van der Waals surface area contributed by atoms with E-state index in [1.165, 1.54) is 0 Å². The van der Waals surface area contributed by atoms with Crippen molar-refractivity contribution in [3.8, 4) is 33.8 Å². The Morgan fingerprint density at radius 1 is 0.632 bits per heavy atom. The first-order valence-electron chi connectivity index (χ1n) is 19.9. The Bertz CT molecular complexity index is 2320. The van der Waals surface area contributed by atoms with Crippen LogP contribution in [0.4, 0.5) is 0 Å². The standard InChI is InChI=1S/C46H51N9O2/c1-30-26-33(37-28-48-43(50-37)39-18-12-24-54(39)45(56)41(52(2)3)31-14-8-6-9-15-31)20-22-35(30)36-23-21-34(27-47-36)38-29-49-44(51-38)40-19-13-25-55(40)46(57)42(53(4)5)32-16-10-7-11-17-32/h6-11,14-17,20-23,26-29,39-42H,12-13,18-19,24-25H2,1-5H3,(H,48,50)(H,49,51)/t39-,40-,41?,42+/m0/s1. The number of likely N-dealkylation sites (N-methyl/N-ethyl adjacent to an activating group) is 2. The molecule has 0 radical (unpaired) electrons. The van der Waals surface area contributed by atoms with Crippen LogP contribution in [0.25, 0.3) is 33.8 Å². The molecule has 2 aliphatic rings. The fourth-order valence-corrected chi connectivity index (χ4v) is 8.67. The maximum absolute atomic E-state index is 14.0. The second kappa shape index (κ2) is 16.3. The molecule has 0 spiro atoms. The molecule has 3 aromatic carbocycles. The average Bonchev–Trinajstić information content (AvgIpc) is 4.06. The molecule has 2 amide bonds. The van der Waals surface area contributed by atoms with Crippen molar-refractivity contribution in [1.29, 1.82) is 0 Å². The first-order valence-corrected chi connectivity index (χ1v) is 19.9. The fraction of sp³-hybridized carbons (Fsp3) is 0.326. The third kappa shape index (κ3) is 7.65. The number of rotatable bonds is 11. The van der Waals surface area contributed by atoms with Crippen molar-refractivity contribution in [3.63, 3.8) is 0 Å². The minimum atomic E-state index is -0.353. The Morgan fingerprint density at radius 2 is 1.12 bits per heavy atom. The van der Waals surface area contributed by atoms with Gasteiger partial charge in [0.2, 0.25) is 11.8 Å². The molecule has 2 aliphatic heterocycles. The molecule has 2 fully saturated rings. The number of aryl methyl sites for hydroxylation is 1. The second-order valence-corrected chi connectivity index (χ2v) is 15.8. The van der Waals surface area contributed by atoms with Gasteiger partial charge in [-0.3, -0.25) is 24.4 Å². The summed E-state index contributed by atoms with van der Waals surface area (Å²) in [7, 11) is 7.83. The molecule has 57 heavy (non-hydrogen) atoms. The number of imidazole rings is 2. The number of nitrogens with one attached hydrogen (secondary N) is 2. The molecule has 2 N–H and O–H groups in total. The molecule has 11 nitrogen and oxygen atoms in total. The van der Waals surface area contributed by atoms with Gasteiger partial charge in [0.25, 0.3) is 0 Å². The summed E-state index contributed by atoms with van der Waals surface area (Å²) in [5.74, 6) is 1.82. The summed E-state index contributed by atoms with van der Waals surface area (Å²) >= 11 is 0. The van der Waals surface area contributed by atoms with Crippen molar-refractivity contribution in [2.24, 2.45) is 0 Å². The summed E-state index contributed by atoms with van der Waals surface area (Å²) in [6.07, 6.45) is 9.21.